The Bertz CT molecular complexity index is 835. The molecule has 0 unspecified atom stereocenters. The van der Waals surface area contributed by atoms with Gasteiger partial charge in [-0.05, 0) is 60.2 Å². The molecule has 0 aliphatic carbocycles. The fourth-order valence-electron chi connectivity index (χ4n) is 2.46. The number of halogens is 1. The van der Waals surface area contributed by atoms with Gasteiger partial charge in [0, 0.05) is 22.0 Å². The third kappa shape index (κ3) is 3.62. The minimum atomic E-state index is 0.634. The van der Waals surface area contributed by atoms with Crippen LogP contribution in [0.15, 0.2) is 66.7 Å². The summed E-state index contributed by atoms with van der Waals surface area (Å²) in [5, 5.41) is 12.9. The van der Waals surface area contributed by atoms with Crippen molar-refractivity contribution < 1.29 is 9.94 Å². The summed E-state index contributed by atoms with van der Waals surface area (Å²) in [6, 6.07) is 20.9. The van der Waals surface area contributed by atoms with E-state index >= 15 is 0 Å². The lowest BCUT2D eigenvalue weighted by molar-refractivity contribution is 0.389. The summed E-state index contributed by atoms with van der Waals surface area (Å²) in [4.78, 5) is 0. The molecule has 0 saturated carbocycles. The minimum absolute atomic E-state index is 0.634. The Morgan fingerprint density at radius 3 is 2.25 bits per heavy atom. The molecule has 0 saturated heterocycles. The van der Waals surface area contributed by atoms with E-state index in [1.807, 2.05) is 54.6 Å². The quantitative estimate of drug-likeness (QED) is 0.532. The van der Waals surface area contributed by atoms with Crippen molar-refractivity contribution in [1.82, 2.24) is 0 Å². The molecule has 24 heavy (non-hydrogen) atoms. The number of benzene rings is 3. The standard InChI is InChI=1S/C19H17ClN2O2/c1-24-19-10-9-17(21-15-5-7-16(22-23)8-6-15)12-18(19)13-3-2-4-14(20)11-13/h2-12,21-23H,1H3. The number of rotatable bonds is 5. The maximum Gasteiger partial charge on any atom is 0.126 e. The molecular formula is C19H17ClN2O2. The molecule has 0 amide bonds. The number of hydrogen-bond acceptors (Lipinski definition) is 4. The van der Waals surface area contributed by atoms with Crippen LogP contribution in [0.25, 0.3) is 11.1 Å². The zero-order chi connectivity index (χ0) is 16.9. The highest BCUT2D eigenvalue weighted by Crippen LogP contribution is 2.34. The van der Waals surface area contributed by atoms with E-state index in [0.717, 1.165) is 28.3 Å². The highest BCUT2D eigenvalue weighted by atomic mass is 35.5. The SMILES string of the molecule is COc1ccc(Nc2ccc(NO)cc2)cc1-c1cccc(Cl)c1. The summed E-state index contributed by atoms with van der Waals surface area (Å²) < 4.78 is 5.47. The van der Waals surface area contributed by atoms with E-state index in [4.69, 9.17) is 21.5 Å². The average molecular weight is 341 g/mol. The molecule has 3 N–H and O–H groups in total. The highest BCUT2D eigenvalue weighted by Gasteiger charge is 2.08. The third-order valence-corrected chi connectivity index (χ3v) is 3.87. The van der Waals surface area contributed by atoms with Crippen LogP contribution in [-0.4, -0.2) is 12.3 Å². The van der Waals surface area contributed by atoms with Gasteiger partial charge in [0.2, 0.25) is 0 Å². The maximum absolute atomic E-state index is 8.87. The largest absolute Gasteiger partial charge is 0.496 e. The van der Waals surface area contributed by atoms with Crippen LogP contribution in [0.1, 0.15) is 0 Å². The maximum atomic E-state index is 8.87. The van der Waals surface area contributed by atoms with Crippen molar-refractivity contribution in [3.05, 3.63) is 71.8 Å². The number of ether oxygens (including phenoxy) is 1. The predicted molar refractivity (Wildman–Crippen MR) is 98.6 cm³/mol. The van der Waals surface area contributed by atoms with Crippen LogP contribution < -0.4 is 15.5 Å². The predicted octanol–water partition coefficient (Wildman–Crippen LogP) is 5.56. The van der Waals surface area contributed by atoms with Gasteiger partial charge in [-0.25, -0.2) is 0 Å². The van der Waals surface area contributed by atoms with Crippen LogP contribution in [0.4, 0.5) is 17.1 Å². The Labute approximate surface area is 145 Å². The van der Waals surface area contributed by atoms with Gasteiger partial charge in [-0.3, -0.25) is 10.7 Å². The van der Waals surface area contributed by atoms with Crippen LogP contribution in [-0.2, 0) is 0 Å². The topological polar surface area (TPSA) is 53.5 Å². The van der Waals surface area contributed by atoms with Gasteiger partial charge in [0.05, 0.1) is 12.8 Å². The average Bonchev–Trinajstić information content (AvgIpc) is 2.62. The number of nitrogens with one attached hydrogen (secondary N) is 2. The molecule has 3 rings (SSSR count). The first-order valence-corrected chi connectivity index (χ1v) is 7.78. The summed E-state index contributed by atoms with van der Waals surface area (Å²) in [7, 11) is 1.65. The van der Waals surface area contributed by atoms with E-state index in [-0.39, 0.29) is 0 Å². The molecule has 5 heteroatoms. The lowest BCUT2D eigenvalue weighted by atomic mass is 10.0. The molecule has 3 aromatic carbocycles. The molecule has 0 heterocycles. The van der Waals surface area contributed by atoms with Crippen LogP contribution in [0.3, 0.4) is 0 Å². The Morgan fingerprint density at radius 1 is 0.875 bits per heavy atom. The molecule has 4 nitrogen and oxygen atoms in total. The van der Waals surface area contributed by atoms with E-state index in [1.165, 1.54) is 0 Å². The Balaban J connectivity index is 1.93. The lowest BCUT2D eigenvalue weighted by Gasteiger charge is -2.13. The van der Waals surface area contributed by atoms with E-state index in [0.29, 0.717) is 10.7 Å². The Kier molecular flexibility index (Phi) is 4.89. The molecule has 3 aromatic rings. The van der Waals surface area contributed by atoms with Gasteiger partial charge < -0.3 is 10.1 Å². The van der Waals surface area contributed by atoms with E-state index in [1.54, 1.807) is 19.2 Å². The van der Waals surface area contributed by atoms with Crippen molar-refractivity contribution in [2.45, 2.75) is 0 Å². The van der Waals surface area contributed by atoms with E-state index in [2.05, 4.69) is 10.8 Å². The normalized spacial score (nSPS) is 10.3. The Morgan fingerprint density at radius 2 is 1.58 bits per heavy atom. The highest BCUT2D eigenvalue weighted by molar-refractivity contribution is 6.30. The Hall–Kier alpha value is -2.69. The fraction of sp³-hybridized carbons (Fsp3) is 0.0526. The van der Waals surface area contributed by atoms with Crippen LogP contribution >= 0.6 is 11.6 Å². The summed E-state index contributed by atoms with van der Waals surface area (Å²) in [6.07, 6.45) is 0. The first kappa shape index (κ1) is 16.2. The number of methoxy groups -OCH3 is 1. The second kappa shape index (κ2) is 7.25. The first-order chi connectivity index (χ1) is 11.7. The zero-order valence-corrected chi connectivity index (χ0v) is 13.8. The van der Waals surface area contributed by atoms with Crippen molar-refractivity contribution in [2.75, 3.05) is 17.9 Å². The summed E-state index contributed by atoms with van der Waals surface area (Å²) >= 11 is 6.11. The molecular weight excluding hydrogens is 324 g/mol. The first-order valence-electron chi connectivity index (χ1n) is 7.41. The van der Waals surface area contributed by atoms with Crippen LogP contribution in [0.5, 0.6) is 5.75 Å². The van der Waals surface area contributed by atoms with E-state index in [9.17, 15) is 0 Å². The fourth-order valence-corrected chi connectivity index (χ4v) is 2.65. The van der Waals surface area contributed by atoms with Crippen molar-refractivity contribution in [1.29, 1.82) is 0 Å². The molecule has 0 spiro atoms. The molecule has 0 bridgehead atoms. The van der Waals surface area contributed by atoms with E-state index < -0.39 is 0 Å². The summed E-state index contributed by atoms with van der Waals surface area (Å²) in [6.45, 7) is 0. The molecule has 0 atom stereocenters. The van der Waals surface area contributed by atoms with Crippen LogP contribution in [0, 0.1) is 0 Å². The molecule has 122 valence electrons. The lowest BCUT2D eigenvalue weighted by Crippen LogP contribution is -1.94. The molecule has 0 aromatic heterocycles. The molecule has 0 radical (unpaired) electrons. The van der Waals surface area contributed by atoms with Crippen molar-refractivity contribution in [3.8, 4) is 16.9 Å². The molecule has 0 aliphatic rings. The number of anilines is 3. The van der Waals surface area contributed by atoms with Gasteiger partial charge >= 0.3 is 0 Å². The second-order valence-corrected chi connectivity index (χ2v) is 5.68. The summed E-state index contributed by atoms with van der Waals surface area (Å²) in [5.41, 5.74) is 6.53. The summed E-state index contributed by atoms with van der Waals surface area (Å²) in [5.74, 6) is 0.780. The monoisotopic (exact) mass is 340 g/mol. The second-order valence-electron chi connectivity index (χ2n) is 5.24. The van der Waals surface area contributed by atoms with Gasteiger partial charge in [0.1, 0.15) is 5.75 Å². The molecule has 0 fully saturated rings. The van der Waals surface area contributed by atoms with Gasteiger partial charge in [-0.2, -0.15) is 0 Å². The van der Waals surface area contributed by atoms with Crippen LogP contribution in [0.2, 0.25) is 5.02 Å². The number of hydrogen-bond donors (Lipinski definition) is 3. The smallest absolute Gasteiger partial charge is 0.126 e. The third-order valence-electron chi connectivity index (χ3n) is 3.64. The van der Waals surface area contributed by atoms with Gasteiger partial charge in [0.15, 0.2) is 0 Å². The van der Waals surface area contributed by atoms with Gasteiger partial charge in [-0.15, -0.1) is 0 Å². The van der Waals surface area contributed by atoms with Crippen molar-refractivity contribution >= 4 is 28.7 Å². The zero-order valence-electron chi connectivity index (χ0n) is 13.1. The minimum Gasteiger partial charge on any atom is -0.496 e. The van der Waals surface area contributed by atoms with Crippen molar-refractivity contribution in [3.63, 3.8) is 0 Å². The molecule has 0 aliphatic heterocycles. The van der Waals surface area contributed by atoms with Gasteiger partial charge in [0.25, 0.3) is 0 Å². The van der Waals surface area contributed by atoms with Crippen molar-refractivity contribution in [2.24, 2.45) is 0 Å². The van der Waals surface area contributed by atoms with Gasteiger partial charge in [-0.1, -0.05) is 23.7 Å².